The third-order valence-electron chi connectivity index (χ3n) is 3.17. The smallest absolute Gasteiger partial charge is 0.104 e. The van der Waals surface area contributed by atoms with Crippen LogP contribution in [0.4, 0.5) is 0 Å². The van der Waals surface area contributed by atoms with E-state index in [1.54, 1.807) is 0 Å². The predicted octanol–water partition coefficient (Wildman–Crippen LogP) is 0.919. The number of ether oxygens (including phenoxy) is 2. The summed E-state index contributed by atoms with van der Waals surface area (Å²) in [5, 5.41) is 0. The molecule has 2 N–H and O–H groups in total. The van der Waals surface area contributed by atoms with Gasteiger partial charge < -0.3 is 15.2 Å². The highest BCUT2D eigenvalue weighted by atomic mass is 16.6. The normalized spacial score (nSPS) is 34.8. The van der Waals surface area contributed by atoms with Gasteiger partial charge in [0, 0.05) is 12.6 Å². The van der Waals surface area contributed by atoms with Crippen molar-refractivity contribution in [1.82, 2.24) is 0 Å². The molecule has 1 saturated carbocycles. The van der Waals surface area contributed by atoms with Crippen LogP contribution in [-0.4, -0.2) is 32.0 Å². The molecule has 1 saturated heterocycles. The van der Waals surface area contributed by atoms with Gasteiger partial charge in [0.1, 0.15) is 6.10 Å². The van der Waals surface area contributed by atoms with Gasteiger partial charge in [0.2, 0.25) is 0 Å². The molecule has 0 aromatic carbocycles. The Bertz CT molecular complexity index is 159. The highest BCUT2D eigenvalue weighted by Gasteiger charge is 2.24. The van der Waals surface area contributed by atoms with E-state index >= 15 is 0 Å². The highest BCUT2D eigenvalue weighted by Crippen LogP contribution is 2.26. The monoisotopic (exact) mass is 185 g/mol. The van der Waals surface area contributed by atoms with Crippen LogP contribution in [0.15, 0.2) is 0 Å². The second-order valence-electron chi connectivity index (χ2n) is 4.17. The third-order valence-corrected chi connectivity index (χ3v) is 3.17. The second-order valence-corrected chi connectivity index (χ2v) is 4.17. The maximum atomic E-state index is 5.96. The number of nitrogens with two attached hydrogens (primary N) is 1. The lowest BCUT2D eigenvalue weighted by Gasteiger charge is -2.26. The average molecular weight is 185 g/mol. The van der Waals surface area contributed by atoms with Gasteiger partial charge in [-0.2, -0.15) is 0 Å². The maximum Gasteiger partial charge on any atom is 0.104 e. The van der Waals surface area contributed by atoms with E-state index < -0.39 is 0 Å². The molecule has 1 aliphatic carbocycles. The van der Waals surface area contributed by atoms with Gasteiger partial charge in [-0.25, -0.2) is 0 Å². The summed E-state index contributed by atoms with van der Waals surface area (Å²) in [7, 11) is 0. The molecule has 2 fully saturated rings. The fourth-order valence-corrected chi connectivity index (χ4v) is 2.12. The van der Waals surface area contributed by atoms with Crippen molar-refractivity contribution in [2.45, 2.75) is 37.8 Å². The van der Waals surface area contributed by atoms with Gasteiger partial charge >= 0.3 is 0 Å². The van der Waals surface area contributed by atoms with Gasteiger partial charge in [-0.3, -0.25) is 0 Å². The molecule has 13 heavy (non-hydrogen) atoms. The lowest BCUT2D eigenvalue weighted by Crippen LogP contribution is -2.37. The lowest BCUT2D eigenvalue weighted by molar-refractivity contribution is -0.131. The third kappa shape index (κ3) is 2.42. The van der Waals surface area contributed by atoms with Crippen LogP contribution in [0.5, 0.6) is 0 Å². The first-order chi connectivity index (χ1) is 6.36. The SMILES string of the molecule is NC1CCCC1CCOC1COC1. The molecule has 2 unspecified atom stereocenters. The quantitative estimate of drug-likeness (QED) is 0.708. The Hall–Kier alpha value is -0.120. The van der Waals surface area contributed by atoms with E-state index in [1.807, 2.05) is 0 Å². The standard InChI is InChI=1S/C10H19NO2/c11-10-3-1-2-8(10)4-5-13-9-6-12-7-9/h8-10H,1-7,11H2. The molecular formula is C10H19NO2. The summed E-state index contributed by atoms with van der Waals surface area (Å²) in [6.07, 6.45) is 5.32. The Morgan fingerprint density at radius 2 is 2.15 bits per heavy atom. The van der Waals surface area contributed by atoms with Gasteiger partial charge in [0.15, 0.2) is 0 Å². The maximum absolute atomic E-state index is 5.96. The Morgan fingerprint density at radius 1 is 1.31 bits per heavy atom. The van der Waals surface area contributed by atoms with Crippen molar-refractivity contribution >= 4 is 0 Å². The first-order valence-electron chi connectivity index (χ1n) is 5.31. The topological polar surface area (TPSA) is 44.5 Å². The molecule has 2 rings (SSSR count). The van der Waals surface area contributed by atoms with Crippen LogP contribution in [0.25, 0.3) is 0 Å². The minimum atomic E-state index is 0.373. The Labute approximate surface area is 79.6 Å². The molecule has 1 aliphatic heterocycles. The Morgan fingerprint density at radius 3 is 2.69 bits per heavy atom. The molecule has 1 heterocycles. The molecule has 76 valence electrons. The predicted molar refractivity (Wildman–Crippen MR) is 50.5 cm³/mol. The molecule has 0 aromatic rings. The minimum Gasteiger partial charge on any atom is -0.376 e. The number of hydrogen-bond acceptors (Lipinski definition) is 3. The molecule has 0 aromatic heterocycles. The van der Waals surface area contributed by atoms with E-state index in [0.717, 1.165) is 26.2 Å². The summed E-state index contributed by atoms with van der Waals surface area (Å²) in [5.74, 6) is 0.709. The number of hydrogen-bond donors (Lipinski definition) is 1. The van der Waals surface area contributed by atoms with Crippen LogP contribution >= 0.6 is 0 Å². The summed E-state index contributed by atoms with van der Waals surface area (Å²) < 4.78 is 10.6. The van der Waals surface area contributed by atoms with E-state index in [1.165, 1.54) is 19.3 Å². The van der Waals surface area contributed by atoms with Crippen LogP contribution < -0.4 is 5.73 Å². The van der Waals surface area contributed by atoms with E-state index in [9.17, 15) is 0 Å². The van der Waals surface area contributed by atoms with Crippen LogP contribution in [0.3, 0.4) is 0 Å². The molecular weight excluding hydrogens is 166 g/mol. The summed E-state index contributed by atoms with van der Waals surface area (Å²) in [6, 6.07) is 0.432. The molecule has 3 nitrogen and oxygen atoms in total. The van der Waals surface area contributed by atoms with Gasteiger partial charge in [-0.15, -0.1) is 0 Å². The lowest BCUT2D eigenvalue weighted by atomic mass is 10.0. The van der Waals surface area contributed by atoms with Gasteiger partial charge in [0.25, 0.3) is 0 Å². The van der Waals surface area contributed by atoms with Crippen molar-refractivity contribution in [2.75, 3.05) is 19.8 Å². The Kier molecular flexibility index (Phi) is 3.19. The van der Waals surface area contributed by atoms with Crippen molar-refractivity contribution in [3.8, 4) is 0 Å². The van der Waals surface area contributed by atoms with Crippen molar-refractivity contribution in [3.63, 3.8) is 0 Å². The van der Waals surface area contributed by atoms with Crippen molar-refractivity contribution in [1.29, 1.82) is 0 Å². The second kappa shape index (κ2) is 4.40. The van der Waals surface area contributed by atoms with Gasteiger partial charge in [0.05, 0.1) is 13.2 Å². The van der Waals surface area contributed by atoms with Crippen LogP contribution in [0.1, 0.15) is 25.7 Å². The first-order valence-corrected chi connectivity index (χ1v) is 5.31. The minimum absolute atomic E-state index is 0.373. The average Bonchev–Trinajstić information content (AvgIpc) is 2.42. The summed E-state index contributed by atoms with van der Waals surface area (Å²) in [5.41, 5.74) is 5.96. The van der Waals surface area contributed by atoms with Crippen LogP contribution in [0.2, 0.25) is 0 Å². The zero-order valence-corrected chi connectivity index (χ0v) is 8.08. The zero-order chi connectivity index (χ0) is 9.10. The fourth-order valence-electron chi connectivity index (χ4n) is 2.12. The van der Waals surface area contributed by atoms with Crippen molar-refractivity contribution < 1.29 is 9.47 Å². The molecule has 2 atom stereocenters. The molecule has 3 heteroatoms. The molecule has 0 amide bonds. The molecule has 0 radical (unpaired) electrons. The van der Waals surface area contributed by atoms with Gasteiger partial charge in [-0.1, -0.05) is 6.42 Å². The summed E-state index contributed by atoms with van der Waals surface area (Å²) in [4.78, 5) is 0. The van der Waals surface area contributed by atoms with E-state index in [-0.39, 0.29) is 0 Å². The van der Waals surface area contributed by atoms with Crippen molar-refractivity contribution in [2.24, 2.45) is 11.7 Å². The fraction of sp³-hybridized carbons (Fsp3) is 1.00. The summed E-state index contributed by atoms with van der Waals surface area (Å²) >= 11 is 0. The number of rotatable bonds is 4. The van der Waals surface area contributed by atoms with Crippen LogP contribution in [-0.2, 0) is 9.47 Å². The first kappa shape index (κ1) is 9.44. The molecule has 0 bridgehead atoms. The largest absolute Gasteiger partial charge is 0.376 e. The molecule has 2 aliphatic rings. The van der Waals surface area contributed by atoms with E-state index in [4.69, 9.17) is 15.2 Å². The van der Waals surface area contributed by atoms with E-state index in [2.05, 4.69) is 0 Å². The summed E-state index contributed by atoms with van der Waals surface area (Å²) in [6.45, 7) is 2.44. The Balaban J connectivity index is 1.56. The van der Waals surface area contributed by atoms with Gasteiger partial charge in [-0.05, 0) is 25.2 Å². The highest BCUT2D eigenvalue weighted by molar-refractivity contribution is 4.80. The zero-order valence-electron chi connectivity index (χ0n) is 8.08. The van der Waals surface area contributed by atoms with Crippen LogP contribution in [0, 0.1) is 5.92 Å². The van der Waals surface area contributed by atoms with Crippen molar-refractivity contribution in [3.05, 3.63) is 0 Å². The van der Waals surface area contributed by atoms with E-state index in [0.29, 0.717) is 18.1 Å². The molecule has 0 spiro atoms.